The van der Waals surface area contributed by atoms with Crippen LogP contribution in [0, 0.1) is 6.92 Å². The zero-order valence-electron chi connectivity index (χ0n) is 10.4. The fourth-order valence-corrected chi connectivity index (χ4v) is 2.23. The predicted octanol–water partition coefficient (Wildman–Crippen LogP) is 4.58. The van der Waals surface area contributed by atoms with Crippen molar-refractivity contribution in [1.29, 1.82) is 0 Å². The van der Waals surface area contributed by atoms with Gasteiger partial charge < -0.3 is 4.57 Å². The number of hydrogen-bond acceptors (Lipinski definition) is 0. The van der Waals surface area contributed by atoms with Crippen molar-refractivity contribution in [1.82, 2.24) is 4.57 Å². The molecule has 0 bridgehead atoms. The van der Waals surface area contributed by atoms with Gasteiger partial charge in [-0.05, 0) is 30.2 Å². The van der Waals surface area contributed by atoms with Gasteiger partial charge in [0.2, 0.25) is 0 Å². The maximum atomic E-state index is 2.18. The van der Waals surface area contributed by atoms with E-state index in [9.17, 15) is 0 Å². The van der Waals surface area contributed by atoms with Gasteiger partial charge in [-0.1, -0.05) is 48.5 Å². The summed E-state index contributed by atoms with van der Waals surface area (Å²) in [6.45, 7) is 2.15. The van der Waals surface area contributed by atoms with Crippen molar-refractivity contribution in [3.8, 4) is 0 Å². The molecule has 1 heterocycles. The first-order valence-corrected chi connectivity index (χ1v) is 6.14. The molecule has 1 nitrogen and oxygen atoms in total. The summed E-state index contributed by atoms with van der Waals surface area (Å²) < 4.78 is 2.18. The van der Waals surface area contributed by atoms with Crippen molar-refractivity contribution in [2.24, 2.45) is 0 Å². The number of aryl methyl sites for hydroxylation is 1. The Balaban J connectivity index is 2.03. The molecule has 2 aromatic carbocycles. The first-order valence-electron chi connectivity index (χ1n) is 6.14. The maximum absolute atomic E-state index is 2.18. The second-order valence-electron chi connectivity index (χ2n) is 4.46. The lowest BCUT2D eigenvalue weighted by atomic mass is 10.2. The first kappa shape index (κ1) is 10.8. The minimum absolute atomic E-state index is 1.22. The third kappa shape index (κ3) is 1.95. The molecule has 88 valence electrons. The number of fused-ring (bicyclic) bond motifs is 1. The number of nitrogens with zero attached hydrogens (tertiary/aromatic N) is 1. The standard InChI is InChI=1S/C17H15N/c1-14-13-18(17-10-6-5-9-16(14)17)12-11-15-7-3-2-4-8-15/h2-13H,1H3/b12-11-. The van der Waals surface area contributed by atoms with Gasteiger partial charge in [-0.25, -0.2) is 0 Å². The summed E-state index contributed by atoms with van der Waals surface area (Å²) in [4.78, 5) is 0. The van der Waals surface area contributed by atoms with Crippen LogP contribution < -0.4 is 0 Å². The Morgan fingerprint density at radius 3 is 2.44 bits per heavy atom. The molecule has 0 N–H and O–H groups in total. The Labute approximate surface area is 107 Å². The van der Waals surface area contributed by atoms with E-state index in [1.54, 1.807) is 0 Å². The van der Waals surface area contributed by atoms with Gasteiger partial charge in [-0.15, -0.1) is 0 Å². The molecule has 3 aromatic rings. The Morgan fingerprint density at radius 2 is 1.61 bits per heavy atom. The van der Waals surface area contributed by atoms with E-state index in [4.69, 9.17) is 0 Å². The van der Waals surface area contributed by atoms with Gasteiger partial charge in [0.05, 0.1) is 5.52 Å². The van der Waals surface area contributed by atoms with Gasteiger partial charge in [0, 0.05) is 17.8 Å². The molecule has 1 aromatic heterocycles. The van der Waals surface area contributed by atoms with Crippen molar-refractivity contribution in [3.05, 3.63) is 71.9 Å². The molecule has 0 fully saturated rings. The van der Waals surface area contributed by atoms with E-state index in [0.29, 0.717) is 0 Å². The minimum Gasteiger partial charge on any atom is -0.323 e. The van der Waals surface area contributed by atoms with Crippen molar-refractivity contribution in [2.75, 3.05) is 0 Å². The van der Waals surface area contributed by atoms with E-state index < -0.39 is 0 Å². The summed E-state index contributed by atoms with van der Waals surface area (Å²) in [5.41, 5.74) is 3.78. The molecular formula is C17H15N. The number of rotatable bonds is 2. The molecule has 0 unspecified atom stereocenters. The lowest BCUT2D eigenvalue weighted by Gasteiger charge is -1.97. The highest BCUT2D eigenvalue weighted by molar-refractivity contribution is 5.86. The third-order valence-corrected chi connectivity index (χ3v) is 3.17. The van der Waals surface area contributed by atoms with Gasteiger partial charge in [-0.3, -0.25) is 0 Å². The number of aromatic nitrogens is 1. The van der Waals surface area contributed by atoms with Crippen LogP contribution in [0.3, 0.4) is 0 Å². The highest BCUT2D eigenvalue weighted by Gasteiger charge is 2.01. The van der Waals surface area contributed by atoms with E-state index in [2.05, 4.69) is 78.5 Å². The van der Waals surface area contributed by atoms with Crippen molar-refractivity contribution in [2.45, 2.75) is 6.92 Å². The Hall–Kier alpha value is -2.28. The lowest BCUT2D eigenvalue weighted by molar-refractivity contribution is 1.22. The lowest BCUT2D eigenvalue weighted by Crippen LogP contribution is -1.82. The zero-order chi connectivity index (χ0) is 12.4. The van der Waals surface area contributed by atoms with Crippen LogP contribution in [0.5, 0.6) is 0 Å². The number of para-hydroxylation sites is 1. The van der Waals surface area contributed by atoms with Crippen molar-refractivity contribution < 1.29 is 0 Å². The summed E-state index contributed by atoms with van der Waals surface area (Å²) in [7, 11) is 0. The van der Waals surface area contributed by atoms with Crippen LogP contribution in [0.1, 0.15) is 11.1 Å². The SMILES string of the molecule is Cc1cn(/C=C\c2ccccc2)c2ccccc12. The molecule has 0 aliphatic carbocycles. The summed E-state index contributed by atoms with van der Waals surface area (Å²) in [6.07, 6.45) is 6.42. The van der Waals surface area contributed by atoms with Crippen LogP contribution >= 0.6 is 0 Å². The summed E-state index contributed by atoms with van der Waals surface area (Å²) in [5.74, 6) is 0. The van der Waals surface area contributed by atoms with Crippen LogP contribution in [-0.4, -0.2) is 4.57 Å². The highest BCUT2D eigenvalue weighted by Crippen LogP contribution is 2.20. The van der Waals surface area contributed by atoms with E-state index >= 15 is 0 Å². The predicted molar refractivity (Wildman–Crippen MR) is 78.3 cm³/mol. The number of benzene rings is 2. The van der Waals surface area contributed by atoms with E-state index in [0.717, 1.165) is 0 Å². The molecule has 3 rings (SSSR count). The van der Waals surface area contributed by atoms with Crippen LogP contribution in [0.15, 0.2) is 60.8 Å². The Kier molecular flexibility index (Phi) is 2.73. The van der Waals surface area contributed by atoms with Gasteiger partial charge >= 0.3 is 0 Å². The van der Waals surface area contributed by atoms with E-state index in [-0.39, 0.29) is 0 Å². The van der Waals surface area contributed by atoms with Crippen LogP contribution in [0.25, 0.3) is 23.2 Å². The first-order chi connectivity index (χ1) is 8.84. The molecule has 18 heavy (non-hydrogen) atoms. The summed E-state index contributed by atoms with van der Waals surface area (Å²) in [5, 5.41) is 1.32. The number of hydrogen-bond donors (Lipinski definition) is 0. The van der Waals surface area contributed by atoms with E-state index in [1.165, 1.54) is 22.0 Å². The van der Waals surface area contributed by atoms with E-state index in [1.807, 2.05) is 6.07 Å². The monoisotopic (exact) mass is 233 g/mol. The fraction of sp³-hybridized carbons (Fsp3) is 0.0588. The second-order valence-corrected chi connectivity index (χ2v) is 4.46. The molecule has 0 aliphatic heterocycles. The largest absolute Gasteiger partial charge is 0.323 e. The molecule has 0 amide bonds. The molecular weight excluding hydrogens is 218 g/mol. The van der Waals surface area contributed by atoms with Crippen LogP contribution in [-0.2, 0) is 0 Å². The topological polar surface area (TPSA) is 4.93 Å². The molecule has 1 heteroatoms. The maximum Gasteiger partial charge on any atom is 0.0525 e. The third-order valence-electron chi connectivity index (χ3n) is 3.17. The average molecular weight is 233 g/mol. The normalized spacial score (nSPS) is 11.4. The highest BCUT2D eigenvalue weighted by atomic mass is 14.9. The van der Waals surface area contributed by atoms with Crippen LogP contribution in [0.2, 0.25) is 0 Å². The fourth-order valence-electron chi connectivity index (χ4n) is 2.23. The summed E-state index contributed by atoms with van der Waals surface area (Å²) in [6, 6.07) is 18.8. The second kappa shape index (κ2) is 4.53. The molecule has 0 aliphatic rings. The van der Waals surface area contributed by atoms with Crippen molar-refractivity contribution >= 4 is 23.2 Å². The molecule has 0 spiro atoms. The molecule has 0 saturated carbocycles. The Bertz CT molecular complexity index is 690. The van der Waals surface area contributed by atoms with Gasteiger partial charge in [-0.2, -0.15) is 0 Å². The van der Waals surface area contributed by atoms with Crippen LogP contribution in [0.4, 0.5) is 0 Å². The molecule has 0 atom stereocenters. The summed E-state index contributed by atoms with van der Waals surface area (Å²) >= 11 is 0. The molecule has 0 saturated heterocycles. The minimum atomic E-state index is 1.22. The average Bonchev–Trinajstić information content (AvgIpc) is 2.75. The zero-order valence-corrected chi connectivity index (χ0v) is 10.4. The Morgan fingerprint density at radius 1 is 0.889 bits per heavy atom. The van der Waals surface area contributed by atoms with Gasteiger partial charge in [0.1, 0.15) is 0 Å². The van der Waals surface area contributed by atoms with Gasteiger partial charge in [0.25, 0.3) is 0 Å². The smallest absolute Gasteiger partial charge is 0.0525 e. The quantitative estimate of drug-likeness (QED) is 0.610. The molecule has 0 radical (unpaired) electrons. The van der Waals surface area contributed by atoms with Crippen molar-refractivity contribution in [3.63, 3.8) is 0 Å². The van der Waals surface area contributed by atoms with Gasteiger partial charge in [0.15, 0.2) is 0 Å².